The van der Waals surface area contributed by atoms with Crippen LogP contribution in [0.3, 0.4) is 0 Å². The second-order valence-electron chi connectivity index (χ2n) is 4.92. The highest BCUT2D eigenvalue weighted by molar-refractivity contribution is 6.31. The molecular formula is C13H19ClN2O. The Hall–Kier alpha value is -0.770. The maximum absolute atomic E-state index is 9.85. The summed E-state index contributed by atoms with van der Waals surface area (Å²) in [7, 11) is 0. The van der Waals surface area contributed by atoms with Gasteiger partial charge in [-0.3, -0.25) is 4.90 Å². The lowest BCUT2D eigenvalue weighted by atomic mass is 9.96. The van der Waals surface area contributed by atoms with E-state index < -0.39 is 0 Å². The van der Waals surface area contributed by atoms with Crippen molar-refractivity contribution >= 4 is 17.3 Å². The zero-order valence-electron chi connectivity index (χ0n) is 10.1. The number of aliphatic hydroxyl groups excluding tert-OH is 1. The number of nitrogens with two attached hydrogens (primary N) is 1. The number of halogens is 1. The van der Waals surface area contributed by atoms with Gasteiger partial charge in [0.15, 0.2) is 0 Å². The molecule has 0 aromatic heterocycles. The fourth-order valence-corrected chi connectivity index (χ4v) is 2.39. The van der Waals surface area contributed by atoms with E-state index in [1.165, 1.54) is 0 Å². The highest BCUT2D eigenvalue weighted by Crippen LogP contribution is 2.23. The van der Waals surface area contributed by atoms with Crippen molar-refractivity contribution < 1.29 is 5.11 Å². The molecule has 1 aliphatic rings. The molecule has 3 nitrogen and oxygen atoms in total. The lowest BCUT2D eigenvalue weighted by Crippen LogP contribution is -2.42. The molecule has 0 saturated carbocycles. The lowest BCUT2D eigenvalue weighted by Gasteiger charge is -2.34. The normalized spacial score (nSPS) is 26.1. The maximum Gasteiger partial charge on any atom is 0.0693 e. The number of likely N-dealkylation sites (tertiary alicyclic amines) is 1. The van der Waals surface area contributed by atoms with Gasteiger partial charge in [-0.25, -0.2) is 0 Å². The zero-order valence-corrected chi connectivity index (χ0v) is 10.8. The molecule has 1 saturated heterocycles. The first kappa shape index (κ1) is 12.7. The number of anilines is 1. The zero-order chi connectivity index (χ0) is 12.4. The molecule has 17 heavy (non-hydrogen) atoms. The molecule has 2 unspecified atom stereocenters. The summed E-state index contributed by atoms with van der Waals surface area (Å²) in [5.41, 5.74) is 7.52. The Morgan fingerprint density at radius 2 is 2.29 bits per heavy atom. The van der Waals surface area contributed by atoms with Gasteiger partial charge >= 0.3 is 0 Å². The molecule has 2 atom stereocenters. The van der Waals surface area contributed by atoms with Crippen molar-refractivity contribution in [1.29, 1.82) is 0 Å². The molecule has 1 aliphatic heterocycles. The Labute approximate surface area is 107 Å². The molecule has 0 amide bonds. The summed E-state index contributed by atoms with van der Waals surface area (Å²) in [5.74, 6) is 0.391. The Kier molecular flexibility index (Phi) is 3.92. The number of nitrogen functional groups attached to an aromatic ring is 1. The van der Waals surface area contributed by atoms with Crippen molar-refractivity contribution in [3.8, 4) is 0 Å². The van der Waals surface area contributed by atoms with Crippen LogP contribution in [0.25, 0.3) is 0 Å². The molecule has 1 aromatic carbocycles. The molecule has 1 aromatic rings. The van der Waals surface area contributed by atoms with E-state index in [2.05, 4.69) is 11.8 Å². The summed E-state index contributed by atoms with van der Waals surface area (Å²) < 4.78 is 0. The summed E-state index contributed by atoms with van der Waals surface area (Å²) in [5, 5.41) is 10.6. The third-order valence-corrected chi connectivity index (χ3v) is 3.84. The lowest BCUT2D eigenvalue weighted by molar-refractivity contribution is 0.0259. The summed E-state index contributed by atoms with van der Waals surface area (Å²) >= 11 is 6.14. The summed E-state index contributed by atoms with van der Waals surface area (Å²) in [6, 6.07) is 5.54. The molecule has 0 radical (unpaired) electrons. The number of benzene rings is 1. The predicted octanol–water partition coefficient (Wildman–Crippen LogP) is 2.12. The SMILES string of the molecule is CC1CCN(Cc2cc(N)ccc2Cl)CC1O. The van der Waals surface area contributed by atoms with Gasteiger partial charge in [0.05, 0.1) is 6.10 Å². The summed E-state index contributed by atoms with van der Waals surface area (Å²) in [6.45, 7) is 4.57. The molecule has 0 aliphatic carbocycles. The van der Waals surface area contributed by atoms with E-state index in [0.717, 1.165) is 35.8 Å². The minimum Gasteiger partial charge on any atom is -0.399 e. The van der Waals surface area contributed by atoms with Crippen molar-refractivity contribution in [3.05, 3.63) is 28.8 Å². The van der Waals surface area contributed by atoms with Gasteiger partial charge in [-0.05, 0) is 42.6 Å². The number of hydrogen-bond acceptors (Lipinski definition) is 3. The third kappa shape index (κ3) is 3.12. The Bertz CT molecular complexity index is 397. The van der Waals surface area contributed by atoms with Crippen LogP contribution in [0.15, 0.2) is 18.2 Å². The minimum absolute atomic E-state index is 0.233. The molecule has 0 bridgehead atoms. The largest absolute Gasteiger partial charge is 0.399 e. The van der Waals surface area contributed by atoms with Crippen molar-refractivity contribution in [2.45, 2.75) is 26.0 Å². The van der Waals surface area contributed by atoms with E-state index in [-0.39, 0.29) is 6.10 Å². The minimum atomic E-state index is -0.233. The average Bonchev–Trinajstić information content (AvgIpc) is 2.29. The van der Waals surface area contributed by atoms with Gasteiger partial charge in [-0.1, -0.05) is 18.5 Å². The van der Waals surface area contributed by atoms with Gasteiger partial charge in [-0.15, -0.1) is 0 Å². The topological polar surface area (TPSA) is 49.5 Å². The second-order valence-corrected chi connectivity index (χ2v) is 5.33. The number of β-amino-alcohol motifs (C(OH)–C–C–N with tert-alkyl or cyclic N) is 1. The van der Waals surface area contributed by atoms with Crippen LogP contribution in [0.2, 0.25) is 5.02 Å². The van der Waals surface area contributed by atoms with Crippen molar-refractivity contribution in [3.63, 3.8) is 0 Å². The van der Waals surface area contributed by atoms with Crippen LogP contribution in [0.4, 0.5) is 5.69 Å². The van der Waals surface area contributed by atoms with Gasteiger partial charge < -0.3 is 10.8 Å². The second kappa shape index (κ2) is 5.25. The van der Waals surface area contributed by atoms with E-state index in [0.29, 0.717) is 12.5 Å². The molecule has 1 heterocycles. The van der Waals surface area contributed by atoms with Crippen LogP contribution < -0.4 is 5.73 Å². The van der Waals surface area contributed by atoms with Crippen LogP contribution in [0.5, 0.6) is 0 Å². The number of hydrogen-bond donors (Lipinski definition) is 2. The monoisotopic (exact) mass is 254 g/mol. The van der Waals surface area contributed by atoms with Crippen LogP contribution in [0.1, 0.15) is 18.9 Å². The van der Waals surface area contributed by atoms with Crippen LogP contribution >= 0.6 is 11.6 Å². The standard InChI is InChI=1S/C13H19ClN2O/c1-9-4-5-16(8-13(9)17)7-10-6-11(15)2-3-12(10)14/h2-3,6,9,13,17H,4-5,7-8,15H2,1H3. The number of rotatable bonds is 2. The van der Waals surface area contributed by atoms with Crippen LogP contribution in [-0.4, -0.2) is 29.2 Å². The fraction of sp³-hybridized carbons (Fsp3) is 0.538. The fourth-order valence-electron chi connectivity index (χ4n) is 2.21. The molecule has 2 rings (SSSR count). The first-order valence-corrected chi connectivity index (χ1v) is 6.38. The van der Waals surface area contributed by atoms with E-state index in [1.54, 1.807) is 6.07 Å². The molecule has 0 spiro atoms. The van der Waals surface area contributed by atoms with Crippen molar-refractivity contribution in [2.24, 2.45) is 5.92 Å². The van der Waals surface area contributed by atoms with E-state index >= 15 is 0 Å². The van der Waals surface area contributed by atoms with Gasteiger partial charge in [-0.2, -0.15) is 0 Å². The number of nitrogens with zero attached hydrogens (tertiary/aromatic N) is 1. The molecule has 94 valence electrons. The summed E-state index contributed by atoms with van der Waals surface area (Å²) in [6.07, 6.45) is 0.796. The van der Waals surface area contributed by atoms with E-state index in [1.807, 2.05) is 12.1 Å². The van der Waals surface area contributed by atoms with Crippen molar-refractivity contribution in [2.75, 3.05) is 18.8 Å². The average molecular weight is 255 g/mol. The Balaban J connectivity index is 2.03. The first-order valence-electron chi connectivity index (χ1n) is 6.00. The highest BCUT2D eigenvalue weighted by Gasteiger charge is 2.24. The van der Waals surface area contributed by atoms with Gasteiger partial charge in [0, 0.05) is 23.8 Å². The maximum atomic E-state index is 9.85. The third-order valence-electron chi connectivity index (χ3n) is 3.47. The van der Waals surface area contributed by atoms with Crippen LogP contribution in [0, 0.1) is 5.92 Å². The predicted molar refractivity (Wildman–Crippen MR) is 70.9 cm³/mol. The molecule has 1 fully saturated rings. The van der Waals surface area contributed by atoms with Gasteiger partial charge in [0.25, 0.3) is 0 Å². The molecule has 3 N–H and O–H groups in total. The Morgan fingerprint density at radius 3 is 3.00 bits per heavy atom. The smallest absolute Gasteiger partial charge is 0.0693 e. The van der Waals surface area contributed by atoms with E-state index in [4.69, 9.17) is 17.3 Å². The number of aliphatic hydroxyl groups is 1. The first-order chi connectivity index (χ1) is 8.06. The number of piperidine rings is 1. The molecular weight excluding hydrogens is 236 g/mol. The van der Waals surface area contributed by atoms with Gasteiger partial charge in [0.2, 0.25) is 0 Å². The molecule has 4 heteroatoms. The summed E-state index contributed by atoms with van der Waals surface area (Å²) in [4.78, 5) is 2.23. The van der Waals surface area contributed by atoms with E-state index in [9.17, 15) is 5.11 Å². The highest BCUT2D eigenvalue weighted by atomic mass is 35.5. The van der Waals surface area contributed by atoms with Crippen LogP contribution in [-0.2, 0) is 6.54 Å². The Morgan fingerprint density at radius 1 is 1.53 bits per heavy atom. The van der Waals surface area contributed by atoms with Gasteiger partial charge in [0.1, 0.15) is 0 Å². The quantitative estimate of drug-likeness (QED) is 0.795. The van der Waals surface area contributed by atoms with Crippen molar-refractivity contribution in [1.82, 2.24) is 4.90 Å².